The molecule has 0 aliphatic carbocycles. The van der Waals surface area contributed by atoms with Crippen LogP contribution in [0.2, 0.25) is 0 Å². The first-order chi connectivity index (χ1) is 35.1. The van der Waals surface area contributed by atoms with E-state index in [0.717, 1.165) is 39.3 Å². The lowest BCUT2D eigenvalue weighted by atomic mass is 10.0. The molecule has 0 spiro atoms. The topological polar surface area (TPSA) is 41.8 Å². The Morgan fingerprint density at radius 1 is 0.455 bits per heavy atom. The first-order valence-corrected chi connectivity index (χ1v) is 27.5. The van der Waals surface area contributed by atoms with E-state index in [-0.39, 0.29) is 14.9 Å². The highest BCUT2D eigenvalue weighted by Gasteiger charge is 2.29. The highest BCUT2D eigenvalue weighted by Crippen LogP contribution is 2.33. The van der Waals surface area contributed by atoms with Crippen LogP contribution in [0.4, 0.5) is 28.4 Å². The van der Waals surface area contributed by atoms with Crippen LogP contribution in [0.3, 0.4) is 0 Å². The lowest BCUT2D eigenvalue weighted by Crippen LogP contribution is -2.35. The lowest BCUT2D eigenvalue weighted by Gasteiger charge is -2.28. The summed E-state index contributed by atoms with van der Waals surface area (Å²) in [4.78, 5) is 7.22. The van der Waals surface area contributed by atoms with Gasteiger partial charge in [0, 0.05) is 5.69 Å². The van der Waals surface area contributed by atoms with Gasteiger partial charge in [-0.15, -0.1) is 5.60 Å². The van der Waals surface area contributed by atoms with E-state index in [1.807, 2.05) is 6.92 Å². The first kappa shape index (κ1) is 63.2. The highest BCUT2D eigenvalue weighted by molar-refractivity contribution is 5.83. The number of benzene rings is 6. The van der Waals surface area contributed by atoms with E-state index in [4.69, 9.17) is 0 Å². The van der Waals surface area contributed by atoms with Gasteiger partial charge in [-0.25, -0.2) is 19.0 Å². The number of hydrogen-bond donors (Lipinski definition) is 0. The molecule has 0 bridgehead atoms. The van der Waals surface area contributed by atoms with E-state index < -0.39 is 5.60 Å². The molecule has 7 nitrogen and oxygen atoms in total. The smallest absolute Gasteiger partial charge is 0.244 e. The molecule has 0 radical (unpaired) electrons. The second-order valence-corrected chi connectivity index (χ2v) is 23.1. The highest BCUT2D eigenvalue weighted by atomic mass is 16.3. The fraction of sp³-hybridized carbons (Fsp3) is 0.443. The second kappa shape index (κ2) is 26.4. The van der Waals surface area contributed by atoms with Gasteiger partial charge in [0.2, 0.25) is 12.7 Å². The number of anilines is 3. The van der Waals surface area contributed by atoms with Crippen molar-refractivity contribution in [1.29, 1.82) is 0 Å². The summed E-state index contributed by atoms with van der Waals surface area (Å²) in [7, 11) is 0. The van der Waals surface area contributed by atoms with Gasteiger partial charge in [-0.3, -0.25) is 0 Å². The Hall–Kier alpha value is -6.31. The summed E-state index contributed by atoms with van der Waals surface area (Å²) in [5.41, 5.74) is 30.4. The van der Waals surface area contributed by atoms with Gasteiger partial charge in [0.15, 0.2) is 0 Å². The zero-order valence-corrected chi connectivity index (χ0v) is 50.2. The molecule has 6 aromatic carbocycles. The molecule has 3 heterocycles. The fourth-order valence-electron chi connectivity index (χ4n) is 12.3. The molecule has 3 aliphatic rings. The average molecular weight is 1040 g/mol. The summed E-state index contributed by atoms with van der Waals surface area (Å²) >= 11 is 0. The van der Waals surface area contributed by atoms with Crippen molar-refractivity contribution >= 4 is 41.1 Å². The second-order valence-electron chi connectivity index (χ2n) is 23.1. The van der Waals surface area contributed by atoms with E-state index in [2.05, 4.69) is 245 Å². The van der Waals surface area contributed by atoms with E-state index in [0.29, 0.717) is 6.42 Å². The number of nitrogens with zero attached hydrogens (tertiary/aromatic N) is 6. The van der Waals surface area contributed by atoms with Gasteiger partial charge in [0.25, 0.3) is 0 Å². The molecule has 3 aliphatic heterocycles. The summed E-state index contributed by atoms with van der Waals surface area (Å²) in [6, 6.07) is 27.3. The van der Waals surface area contributed by atoms with Crippen LogP contribution in [0, 0.1) is 131 Å². The van der Waals surface area contributed by atoms with E-state index >= 15 is 0 Å². The van der Waals surface area contributed by atoms with Crippen molar-refractivity contribution in [3.8, 4) is 0 Å². The van der Waals surface area contributed by atoms with Gasteiger partial charge < -0.3 is 14.6 Å². The molecule has 0 aromatic heterocycles. The molecule has 9 rings (SSSR count). The number of aryl methyl sites for hydroxylation is 18. The van der Waals surface area contributed by atoms with Crippen LogP contribution in [-0.4, -0.2) is 66.7 Å². The van der Waals surface area contributed by atoms with Crippen LogP contribution in [0.5, 0.6) is 0 Å². The Bertz CT molecular complexity index is 2930. The molecule has 6 aromatic rings. The normalized spacial score (nSPS) is 13.8. The third-order valence-corrected chi connectivity index (χ3v) is 15.0. The van der Waals surface area contributed by atoms with E-state index in [9.17, 15) is 5.11 Å². The molecule has 1 saturated heterocycles. The Labute approximate surface area is 469 Å². The van der Waals surface area contributed by atoms with E-state index in [1.165, 1.54) is 134 Å². The van der Waals surface area contributed by atoms with Gasteiger partial charge in [-0.05, 0) is 165 Å². The minimum Gasteiger partial charge on any atom is -0.850 e. The Morgan fingerprint density at radius 2 is 0.753 bits per heavy atom. The average Bonchev–Trinajstić information content (AvgIpc) is 4.05. The van der Waals surface area contributed by atoms with Gasteiger partial charge in [-0.2, -0.15) is 28.8 Å². The Kier molecular flexibility index (Phi) is 21.6. The summed E-state index contributed by atoms with van der Waals surface area (Å²) in [5, 5.41) is 11.8. The standard InChI is InChI=1S/3C21H27N2.C5H11O.2CH4/c3*1-14-9-16(3)20(17(4)10-14)22-7-8-23(13-22)21-18(5)11-15(2)12-19(21)6;1-4-5(2,3)6;;/h3*9-13H,7-8H2,1-6H3;4H2,1-3H3;2*1H4/q-1;2*+1;-1;;. The number of rotatable bonds is 6. The Morgan fingerprint density at radius 3 is 1.06 bits per heavy atom. The predicted octanol–water partition coefficient (Wildman–Crippen LogP) is 14.9. The maximum Gasteiger partial charge on any atom is 0.244 e. The van der Waals surface area contributed by atoms with Crippen molar-refractivity contribution in [2.45, 2.75) is 172 Å². The van der Waals surface area contributed by atoms with Crippen molar-refractivity contribution in [1.82, 2.24) is 4.58 Å². The van der Waals surface area contributed by atoms with Gasteiger partial charge in [0.1, 0.15) is 55.5 Å². The van der Waals surface area contributed by atoms with Crippen LogP contribution in [-0.2, 0) is 0 Å². The maximum atomic E-state index is 10.5. The maximum absolute atomic E-state index is 10.5. The zero-order valence-electron chi connectivity index (χ0n) is 50.2. The zero-order chi connectivity index (χ0) is 55.4. The molecule has 1 fully saturated rings. The van der Waals surface area contributed by atoms with Crippen LogP contribution in [0.15, 0.2) is 72.8 Å². The summed E-state index contributed by atoms with van der Waals surface area (Å²) in [5.74, 6) is 0. The number of hydrogen-bond acceptors (Lipinski definition) is 4. The van der Waals surface area contributed by atoms with Crippen molar-refractivity contribution in [3.63, 3.8) is 0 Å². The summed E-state index contributed by atoms with van der Waals surface area (Å²) in [6.45, 7) is 53.4. The predicted molar refractivity (Wildman–Crippen MR) is 336 cm³/mol. The molecule has 0 unspecified atom stereocenters. The molecule has 416 valence electrons. The molecular weight excluding hydrogens is 941 g/mol. The largest absolute Gasteiger partial charge is 0.850 e. The Balaban J connectivity index is 0.000000233. The molecule has 0 saturated carbocycles. The van der Waals surface area contributed by atoms with Gasteiger partial charge >= 0.3 is 0 Å². The summed E-state index contributed by atoms with van der Waals surface area (Å²) in [6.07, 6.45) is 5.29. The van der Waals surface area contributed by atoms with Crippen molar-refractivity contribution in [2.75, 3.05) is 54.0 Å². The van der Waals surface area contributed by atoms with Crippen molar-refractivity contribution in [2.24, 2.45) is 0 Å². The van der Waals surface area contributed by atoms with Crippen LogP contribution in [0.25, 0.3) is 0 Å². The SMILES string of the molecule is C.C.CCC(C)(C)[O-].Cc1cc(C)c(N2C=[N+](c3c(C)cc(C)cc3C)CC2)c(C)c1.Cc1cc(C)c(N2C=[N+](c3c(C)cc(C)cc3C)CC2)c(C)c1.Cc1cc(C)c(N2[CH-][N+](=c3c(C)cc(C)c[c-]3C)CC2)c(C)c1. The van der Waals surface area contributed by atoms with Gasteiger partial charge in [0.05, 0.1) is 13.2 Å². The molecular formula is C70H100N6O. The van der Waals surface area contributed by atoms with Gasteiger partial charge in [-0.1, -0.05) is 151 Å². The first-order valence-electron chi connectivity index (χ1n) is 27.5. The van der Waals surface area contributed by atoms with Crippen LogP contribution in [0.1, 0.15) is 142 Å². The molecule has 77 heavy (non-hydrogen) atoms. The van der Waals surface area contributed by atoms with Crippen molar-refractivity contribution in [3.05, 3.63) is 185 Å². The molecule has 0 N–H and O–H groups in total. The minimum absolute atomic E-state index is 0. The summed E-state index contributed by atoms with van der Waals surface area (Å²) < 4.78 is 7.22. The monoisotopic (exact) mass is 1040 g/mol. The molecule has 7 heteroatoms. The van der Waals surface area contributed by atoms with Crippen molar-refractivity contribution < 1.29 is 14.3 Å². The molecule has 0 atom stereocenters. The quantitative estimate of drug-likeness (QED) is 0.123. The fourth-order valence-corrected chi connectivity index (χ4v) is 12.3. The van der Waals surface area contributed by atoms with Crippen LogP contribution < -0.4 is 29.7 Å². The van der Waals surface area contributed by atoms with E-state index in [1.54, 1.807) is 13.8 Å². The minimum atomic E-state index is -0.708. The third-order valence-electron chi connectivity index (χ3n) is 15.0. The third kappa shape index (κ3) is 15.5. The molecule has 0 amide bonds. The lowest BCUT2D eigenvalue weighted by molar-refractivity contribution is -0.466. The van der Waals surface area contributed by atoms with Crippen LogP contribution >= 0.6 is 0 Å².